The molecule has 3 aromatic carbocycles. The summed E-state index contributed by atoms with van der Waals surface area (Å²) in [5.41, 5.74) is -0.886. The van der Waals surface area contributed by atoms with Crippen LogP contribution in [0.4, 0.5) is 36.8 Å². The average Bonchev–Trinajstić information content (AvgIpc) is 3.05. The molecule has 1 saturated heterocycles. The topological polar surface area (TPSA) is 59.1 Å². The highest BCUT2D eigenvalue weighted by atomic mass is 35.5. The largest absolute Gasteiger partial charge is 0.416 e. The number of para-hydroxylation sites is 1. The lowest BCUT2D eigenvalue weighted by Gasteiger charge is -2.38. The number of nitrogens with zero attached hydrogens (tertiary/aromatic N) is 4. The second-order valence-electron chi connectivity index (χ2n) is 12.5. The monoisotopic (exact) mass is 711 g/mol. The third-order valence-electron chi connectivity index (χ3n) is 8.67. The number of hydrogen-bond acceptors (Lipinski definition) is 4. The second kappa shape index (κ2) is 15.7. The van der Waals surface area contributed by atoms with E-state index in [1.807, 2.05) is 43.3 Å². The van der Waals surface area contributed by atoms with Crippen molar-refractivity contribution in [2.24, 2.45) is 0 Å². The average molecular weight is 712 g/mol. The van der Waals surface area contributed by atoms with Gasteiger partial charge in [-0.2, -0.15) is 26.3 Å². The summed E-state index contributed by atoms with van der Waals surface area (Å²) in [7, 11) is 4.74. The van der Waals surface area contributed by atoms with Crippen molar-refractivity contribution in [3.63, 3.8) is 0 Å². The fraction of sp³-hybridized carbons (Fsp3) is 0.429. The lowest BCUT2D eigenvalue weighted by atomic mass is 9.94. The van der Waals surface area contributed by atoms with Crippen LogP contribution in [0.5, 0.6) is 0 Å². The number of carbonyl (C=O) groups is 2. The van der Waals surface area contributed by atoms with Crippen LogP contribution in [0, 0.1) is 0 Å². The summed E-state index contributed by atoms with van der Waals surface area (Å²) in [4.78, 5) is 32.8. The molecule has 3 amide bonds. The van der Waals surface area contributed by atoms with Crippen molar-refractivity contribution in [1.82, 2.24) is 20.0 Å². The normalized spacial score (nSPS) is 15.4. The molecule has 0 saturated carbocycles. The summed E-state index contributed by atoms with van der Waals surface area (Å²) in [6, 6.07) is 15.5. The molecule has 266 valence electrons. The first kappa shape index (κ1) is 37.8. The molecule has 0 spiro atoms. The lowest BCUT2D eigenvalue weighted by Crippen LogP contribution is -2.47. The van der Waals surface area contributed by atoms with E-state index in [0.717, 1.165) is 43.0 Å². The van der Waals surface area contributed by atoms with Crippen LogP contribution in [0.3, 0.4) is 0 Å². The Morgan fingerprint density at radius 1 is 0.857 bits per heavy atom. The van der Waals surface area contributed by atoms with Gasteiger partial charge in [-0.3, -0.25) is 9.69 Å². The van der Waals surface area contributed by atoms with Crippen molar-refractivity contribution >= 4 is 29.2 Å². The summed E-state index contributed by atoms with van der Waals surface area (Å²) in [5, 5.41) is 3.50. The molecule has 2 atom stereocenters. The number of anilines is 1. The number of rotatable bonds is 10. The molecule has 14 heteroatoms. The van der Waals surface area contributed by atoms with Gasteiger partial charge in [0.1, 0.15) is 0 Å². The smallest absolute Gasteiger partial charge is 0.369 e. The first-order valence-corrected chi connectivity index (χ1v) is 16.2. The van der Waals surface area contributed by atoms with Crippen LogP contribution in [0.15, 0.2) is 66.7 Å². The van der Waals surface area contributed by atoms with E-state index >= 15 is 0 Å². The fourth-order valence-corrected chi connectivity index (χ4v) is 6.02. The Morgan fingerprint density at radius 2 is 1.43 bits per heavy atom. The molecule has 0 radical (unpaired) electrons. The number of hydrogen-bond donors (Lipinski definition) is 1. The van der Waals surface area contributed by atoms with Crippen LogP contribution in [0.2, 0.25) is 5.02 Å². The number of piperazine rings is 1. The number of halogens is 7. The van der Waals surface area contributed by atoms with Crippen molar-refractivity contribution in [3.05, 3.63) is 99.6 Å². The van der Waals surface area contributed by atoms with E-state index in [9.17, 15) is 35.9 Å². The van der Waals surface area contributed by atoms with Crippen LogP contribution >= 0.6 is 11.6 Å². The van der Waals surface area contributed by atoms with Crippen molar-refractivity contribution < 1.29 is 35.9 Å². The highest BCUT2D eigenvalue weighted by molar-refractivity contribution is 6.30. The Hall–Kier alpha value is -3.97. The summed E-state index contributed by atoms with van der Waals surface area (Å²) in [6.07, 6.45) is -9.56. The maximum Gasteiger partial charge on any atom is 0.416 e. The van der Waals surface area contributed by atoms with Crippen molar-refractivity contribution in [2.45, 2.75) is 37.7 Å². The molecule has 4 rings (SSSR count). The van der Waals surface area contributed by atoms with E-state index in [-0.39, 0.29) is 30.6 Å². The van der Waals surface area contributed by atoms with Crippen LogP contribution < -0.4 is 10.2 Å². The zero-order chi connectivity index (χ0) is 36.1. The highest BCUT2D eigenvalue weighted by Crippen LogP contribution is 2.37. The Bertz CT molecular complexity index is 1560. The van der Waals surface area contributed by atoms with Crippen molar-refractivity contribution in [2.75, 3.05) is 65.3 Å². The second-order valence-corrected chi connectivity index (χ2v) is 12.9. The van der Waals surface area contributed by atoms with E-state index in [2.05, 4.69) is 15.1 Å². The lowest BCUT2D eigenvalue weighted by molar-refractivity contribution is -0.143. The molecule has 1 N–H and O–H groups in total. The molecule has 1 fully saturated rings. The molecule has 7 nitrogen and oxygen atoms in total. The van der Waals surface area contributed by atoms with Crippen LogP contribution in [0.1, 0.15) is 57.9 Å². The van der Waals surface area contributed by atoms with Crippen LogP contribution in [-0.4, -0.2) is 87.0 Å². The zero-order valence-corrected chi connectivity index (χ0v) is 28.5. The van der Waals surface area contributed by atoms with E-state index in [4.69, 9.17) is 11.6 Å². The third-order valence-corrected chi connectivity index (χ3v) is 8.93. The van der Waals surface area contributed by atoms with Gasteiger partial charge in [0.15, 0.2) is 0 Å². The maximum absolute atomic E-state index is 13.5. The minimum Gasteiger partial charge on any atom is -0.369 e. The van der Waals surface area contributed by atoms with Gasteiger partial charge >= 0.3 is 18.4 Å². The van der Waals surface area contributed by atoms with Gasteiger partial charge in [-0.1, -0.05) is 41.9 Å². The molecular weight excluding hydrogens is 672 g/mol. The van der Waals surface area contributed by atoms with Crippen LogP contribution in [0.25, 0.3) is 0 Å². The Labute approximate surface area is 287 Å². The summed E-state index contributed by atoms with van der Waals surface area (Å²) >= 11 is 6.10. The number of benzene rings is 3. The predicted octanol–water partition coefficient (Wildman–Crippen LogP) is 7.78. The Kier molecular flexibility index (Phi) is 12.1. The van der Waals surface area contributed by atoms with E-state index in [1.54, 1.807) is 26.2 Å². The summed E-state index contributed by atoms with van der Waals surface area (Å²) in [6.45, 7) is 5.57. The standard InChI is InChI=1S/C35H40ClF6N5O2/c1-23(43-33(49)44(2)3)30-7-5-6-8-31(30)47-17-15-46(16-18-47)14-13-25(24-9-11-29(36)12-10-24)22-45(4)32(48)26-19-27(34(37,38)39)21-28(20-26)35(40,41)42/h5-12,19-21,23,25H,13-18,22H2,1-4H3,(H,43,49)/t23-,25?/m1/s1. The quantitative estimate of drug-likeness (QED) is 0.219. The number of carbonyl (C=O) groups excluding carboxylic acids is 2. The fourth-order valence-electron chi connectivity index (χ4n) is 5.90. The van der Waals surface area contributed by atoms with Crippen LogP contribution in [-0.2, 0) is 12.4 Å². The molecule has 0 bridgehead atoms. The van der Waals surface area contributed by atoms with E-state index in [0.29, 0.717) is 30.1 Å². The molecule has 3 aromatic rings. The van der Waals surface area contributed by atoms with Crippen molar-refractivity contribution in [1.29, 1.82) is 0 Å². The Balaban J connectivity index is 1.45. The SMILES string of the molecule is C[C@@H](NC(=O)N(C)C)c1ccccc1N1CCN(CCC(CN(C)C(=O)c2cc(C(F)(F)F)cc(C(F)(F)F)c2)c2ccc(Cl)cc2)CC1. The number of urea groups is 1. The minimum absolute atomic E-state index is 0.00918. The van der Waals surface area contributed by atoms with Gasteiger partial charge in [-0.15, -0.1) is 0 Å². The Morgan fingerprint density at radius 3 is 1.98 bits per heavy atom. The first-order valence-electron chi connectivity index (χ1n) is 15.8. The number of alkyl halides is 6. The molecule has 0 aliphatic carbocycles. The minimum atomic E-state index is -5.06. The van der Waals surface area contributed by atoms with Gasteiger partial charge in [0.05, 0.1) is 17.2 Å². The molecule has 1 aliphatic rings. The first-order chi connectivity index (χ1) is 22.9. The van der Waals surface area contributed by atoms with E-state index in [1.165, 1.54) is 16.8 Å². The van der Waals surface area contributed by atoms with Gasteiger partial charge in [-0.25, -0.2) is 4.79 Å². The van der Waals surface area contributed by atoms with Gasteiger partial charge in [0, 0.05) is 76.1 Å². The number of nitrogens with one attached hydrogen (secondary N) is 1. The van der Waals surface area contributed by atoms with Gasteiger partial charge in [-0.05, 0) is 67.4 Å². The number of amides is 3. The molecule has 1 heterocycles. The van der Waals surface area contributed by atoms with Gasteiger partial charge in [0.2, 0.25) is 0 Å². The molecular formula is C35H40ClF6N5O2. The zero-order valence-electron chi connectivity index (χ0n) is 27.7. The van der Waals surface area contributed by atoms with Crippen molar-refractivity contribution in [3.8, 4) is 0 Å². The highest BCUT2D eigenvalue weighted by Gasteiger charge is 2.38. The summed E-state index contributed by atoms with van der Waals surface area (Å²) in [5.74, 6) is -1.22. The maximum atomic E-state index is 13.5. The predicted molar refractivity (Wildman–Crippen MR) is 178 cm³/mol. The molecule has 1 aliphatic heterocycles. The van der Waals surface area contributed by atoms with E-state index < -0.39 is 35.0 Å². The van der Waals surface area contributed by atoms with Gasteiger partial charge in [0.25, 0.3) is 5.91 Å². The van der Waals surface area contributed by atoms with Gasteiger partial charge < -0.3 is 20.0 Å². The molecule has 49 heavy (non-hydrogen) atoms. The molecule has 1 unspecified atom stereocenters. The third kappa shape index (κ3) is 10.0. The molecule has 0 aromatic heterocycles. The number of likely N-dealkylation sites (N-methyl/N-ethyl adjacent to an activating group) is 1. The summed E-state index contributed by atoms with van der Waals surface area (Å²) < 4.78 is 80.8.